The molecule has 0 spiro atoms. The largest absolute Gasteiger partial charge is 0.316 e. The predicted octanol–water partition coefficient (Wildman–Crippen LogP) is 3.55. The average Bonchev–Trinajstić information content (AvgIpc) is 2.68. The number of hydrogen-bond acceptors (Lipinski definition) is 1. The molecule has 1 saturated heterocycles. The molecule has 1 aromatic carbocycles. The monoisotopic (exact) mass is 267 g/mol. The van der Waals surface area contributed by atoms with E-state index < -0.39 is 0 Å². The third kappa shape index (κ3) is 2.61. The van der Waals surface area contributed by atoms with Gasteiger partial charge in [0.2, 0.25) is 0 Å². The van der Waals surface area contributed by atoms with Crippen LogP contribution < -0.4 is 5.32 Å². The Morgan fingerprint density at radius 3 is 2.67 bits per heavy atom. The van der Waals surface area contributed by atoms with Gasteiger partial charge < -0.3 is 5.32 Å². The average molecular weight is 268 g/mol. The summed E-state index contributed by atoms with van der Waals surface area (Å²) in [4.78, 5) is 0. The molecule has 2 atom stereocenters. The van der Waals surface area contributed by atoms with Crippen LogP contribution in [0.2, 0.25) is 0 Å². The van der Waals surface area contributed by atoms with Crippen LogP contribution in [-0.2, 0) is 0 Å². The van der Waals surface area contributed by atoms with Crippen molar-refractivity contribution in [1.82, 2.24) is 5.32 Å². The molecule has 1 heterocycles. The molecule has 2 heteroatoms. The first kappa shape index (κ1) is 11.2. The zero-order chi connectivity index (χ0) is 10.7. The molecular formula is C13H18BrN. The van der Waals surface area contributed by atoms with Crippen molar-refractivity contribution >= 4 is 15.9 Å². The SMILES string of the molecule is CCC[C@@H]1CNC[C@@H]1c1ccc(Br)cc1. The van der Waals surface area contributed by atoms with Crippen molar-refractivity contribution in [2.24, 2.45) is 5.92 Å². The molecule has 0 unspecified atom stereocenters. The Labute approximate surface area is 100 Å². The van der Waals surface area contributed by atoms with Gasteiger partial charge in [-0.05, 0) is 36.6 Å². The minimum Gasteiger partial charge on any atom is -0.316 e. The van der Waals surface area contributed by atoms with Crippen molar-refractivity contribution in [2.45, 2.75) is 25.7 Å². The highest BCUT2D eigenvalue weighted by molar-refractivity contribution is 9.10. The Morgan fingerprint density at radius 1 is 1.27 bits per heavy atom. The predicted molar refractivity (Wildman–Crippen MR) is 68.2 cm³/mol. The molecule has 1 fully saturated rings. The molecule has 0 saturated carbocycles. The number of halogens is 1. The number of hydrogen-bond donors (Lipinski definition) is 1. The minimum absolute atomic E-state index is 0.720. The first-order valence-corrected chi connectivity index (χ1v) is 6.56. The second-order valence-corrected chi connectivity index (χ2v) is 5.28. The Hall–Kier alpha value is -0.340. The topological polar surface area (TPSA) is 12.0 Å². The fourth-order valence-electron chi connectivity index (χ4n) is 2.51. The van der Waals surface area contributed by atoms with Crippen molar-refractivity contribution in [3.63, 3.8) is 0 Å². The maximum absolute atomic E-state index is 3.51. The molecule has 0 aliphatic carbocycles. The van der Waals surface area contributed by atoms with Crippen molar-refractivity contribution in [1.29, 1.82) is 0 Å². The van der Waals surface area contributed by atoms with Gasteiger partial charge in [0.1, 0.15) is 0 Å². The van der Waals surface area contributed by atoms with Crippen molar-refractivity contribution in [2.75, 3.05) is 13.1 Å². The van der Waals surface area contributed by atoms with Gasteiger partial charge in [-0.15, -0.1) is 0 Å². The summed E-state index contributed by atoms with van der Waals surface area (Å²) in [7, 11) is 0. The highest BCUT2D eigenvalue weighted by Crippen LogP contribution is 2.31. The molecule has 1 aromatic rings. The molecule has 2 rings (SSSR count). The van der Waals surface area contributed by atoms with Crippen LogP contribution in [0.5, 0.6) is 0 Å². The Balaban J connectivity index is 2.11. The smallest absolute Gasteiger partial charge is 0.0175 e. The van der Waals surface area contributed by atoms with Gasteiger partial charge in [0.25, 0.3) is 0 Å². The second kappa shape index (κ2) is 5.13. The van der Waals surface area contributed by atoms with E-state index in [1.165, 1.54) is 29.4 Å². The van der Waals surface area contributed by atoms with Gasteiger partial charge >= 0.3 is 0 Å². The third-order valence-corrected chi connectivity index (χ3v) is 3.83. The summed E-state index contributed by atoms with van der Waals surface area (Å²) >= 11 is 3.48. The van der Waals surface area contributed by atoms with Crippen molar-refractivity contribution < 1.29 is 0 Å². The zero-order valence-electron chi connectivity index (χ0n) is 9.17. The van der Waals surface area contributed by atoms with Gasteiger partial charge in [0.15, 0.2) is 0 Å². The van der Waals surface area contributed by atoms with Crippen LogP contribution in [0.1, 0.15) is 31.2 Å². The van der Waals surface area contributed by atoms with Gasteiger partial charge in [-0.25, -0.2) is 0 Å². The zero-order valence-corrected chi connectivity index (χ0v) is 10.8. The van der Waals surface area contributed by atoms with E-state index in [0.717, 1.165) is 18.4 Å². The Kier molecular flexibility index (Phi) is 3.81. The van der Waals surface area contributed by atoms with Crippen LogP contribution in [0.4, 0.5) is 0 Å². The van der Waals surface area contributed by atoms with E-state index in [1.807, 2.05) is 0 Å². The number of nitrogens with one attached hydrogen (secondary N) is 1. The van der Waals surface area contributed by atoms with E-state index in [2.05, 4.69) is 52.4 Å². The first-order valence-electron chi connectivity index (χ1n) is 5.77. The lowest BCUT2D eigenvalue weighted by molar-refractivity contribution is 0.473. The van der Waals surface area contributed by atoms with E-state index in [9.17, 15) is 0 Å². The van der Waals surface area contributed by atoms with E-state index >= 15 is 0 Å². The summed E-state index contributed by atoms with van der Waals surface area (Å²) in [6.07, 6.45) is 2.63. The molecule has 0 radical (unpaired) electrons. The fraction of sp³-hybridized carbons (Fsp3) is 0.538. The van der Waals surface area contributed by atoms with Gasteiger partial charge in [0, 0.05) is 16.9 Å². The highest BCUT2D eigenvalue weighted by Gasteiger charge is 2.27. The normalized spacial score (nSPS) is 25.7. The molecule has 1 aliphatic rings. The molecule has 82 valence electrons. The van der Waals surface area contributed by atoms with Gasteiger partial charge in [-0.2, -0.15) is 0 Å². The Morgan fingerprint density at radius 2 is 2.00 bits per heavy atom. The molecule has 1 nitrogen and oxygen atoms in total. The summed E-state index contributed by atoms with van der Waals surface area (Å²) in [6, 6.07) is 8.81. The highest BCUT2D eigenvalue weighted by atomic mass is 79.9. The summed E-state index contributed by atoms with van der Waals surface area (Å²) < 4.78 is 1.17. The van der Waals surface area contributed by atoms with E-state index in [0.29, 0.717) is 0 Å². The molecule has 0 bridgehead atoms. The summed E-state index contributed by atoms with van der Waals surface area (Å²) in [5.41, 5.74) is 1.49. The fourth-order valence-corrected chi connectivity index (χ4v) is 2.77. The van der Waals surface area contributed by atoms with Crippen LogP contribution in [-0.4, -0.2) is 13.1 Å². The second-order valence-electron chi connectivity index (χ2n) is 4.37. The van der Waals surface area contributed by atoms with Crippen LogP contribution in [0.3, 0.4) is 0 Å². The lowest BCUT2D eigenvalue weighted by Crippen LogP contribution is -2.10. The molecule has 0 amide bonds. The van der Waals surface area contributed by atoms with Crippen molar-refractivity contribution in [3.05, 3.63) is 34.3 Å². The minimum atomic E-state index is 0.720. The summed E-state index contributed by atoms with van der Waals surface area (Å²) in [5, 5.41) is 3.51. The molecule has 1 N–H and O–H groups in total. The van der Waals surface area contributed by atoms with Crippen LogP contribution in [0.15, 0.2) is 28.7 Å². The molecule has 15 heavy (non-hydrogen) atoms. The third-order valence-electron chi connectivity index (χ3n) is 3.30. The van der Waals surface area contributed by atoms with Gasteiger partial charge in [0.05, 0.1) is 0 Å². The maximum atomic E-state index is 3.51. The first-order chi connectivity index (χ1) is 7.31. The number of rotatable bonds is 3. The molecule has 1 aliphatic heterocycles. The van der Waals surface area contributed by atoms with E-state index in [1.54, 1.807) is 0 Å². The number of benzene rings is 1. The summed E-state index contributed by atoms with van der Waals surface area (Å²) in [5.74, 6) is 1.55. The standard InChI is InChI=1S/C13H18BrN/c1-2-3-11-8-15-9-13(11)10-4-6-12(14)7-5-10/h4-7,11,13,15H,2-3,8-9H2,1H3/t11-,13-/m1/s1. The summed E-state index contributed by atoms with van der Waals surface area (Å²) in [6.45, 7) is 4.61. The Bertz CT molecular complexity index is 307. The quantitative estimate of drug-likeness (QED) is 0.884. The van der Waals surface area contributed by atoms with Crippen LogP contribution >= 0.6 is 15.9 Å². The maximum Gasteiger partial charge on any atom is 0.0175 e. The van der Waals surface area contributed by atoms with Crippen LogP contribution in [0.25, 0.3) is 0 Å². The van der Waals surface area contributed by atoms with Gasteiger partial charge in [-0.3, -0.25) is 0 Å². The molecular weight excluding hydrogens is 250 g/mol. The van der Waals surface area contributed by atoms with E-state index in [4.69, 9.17) is 0 Å². The van der Waals surface area contributed by atoms with Crippen molar-refractivity contribution in [3.8, 4) is 0 Å². The lowest BCUT2D eigenvalue weighted by Gasteiger charge is -2.18. The lowest BCUT2D eigenvalue weighted by atomic mass is 9.86. The van der Waals surface area contributed by atoms with Crippen LogP contribution in [0, 0.1) is 5.92 Å². The van der Waals surface area contributed by atoms with Gasteiger partial charge in [-0.1, -0.05) is 41.4 Å². The molecule has 0 aromatic heterocycles. The van der Waals surface area contributed by atoms with E-state index in [-0.39, 0.29) is 0 Å².